The van der Waals surface area contributed by atoms with Crippen molar-refractivity contribution in [3.05, 3.63) is 24.0 Å². The standard InChI is InChI=1S/C12H23N3/c1-10(2)12(7-13)9-15-6-4-11-3-5-14-8-11/h3,5,8,10,12,14-15H,4,6-7,9,13H2,1-2H3. The summed E-state index contributed by atoms with van der Waals surface area (Å²) < 4.78 is 0. The van der Waals surface area contributed by atoms with Crippen molar-refractivity contribution < 1.29 is 0 Å². The number of aromatic amines is 1. The summed E-state index contributed by atoms with van der Waals surface area (Å²) in [5.74, 6) is 1.26. The zero-order valence-electron chi connectivity index (χ0n) is 9.79. The van der Waals surface area contributed by atoms with Crippen LogP contribution in [0.25, 0.3) is 0 Å². The van der Waals surface area contributed by atoms with Gasteiger partial charge in [0.1, 0.15) is 0 Å². The molecule has 1 aromatic rings. The summed E-state index contributed by atoms with van der Waals surface area (Å²) >= 11 is 0. The smallest absolute Gasteiger partial charge is 0.00378 e. The van der Waals surface area contributed by atoms with Gasteiger partial charge in [-0.05, 0) is 49.5 Å². The Bertz CT molecular complexity index is 241. The molecule has 0 bridgehead atoms. The number of rotatable bonds is 7. The van der Waals surface area contributed by atoms with Crippen molar-refractivity contribution in [1.29, 1.82) is 0 Å². The minimum absolute atomic E-state index is 0.594. The van der Waals surface area contributed by atoms with E-state index in [1.165, 1.54) is 5.56 Å². The number of aromatic nitrogens is 1. The molecule has 1 rings (SSSR count). The predicted molar refractivity (Wildman–Crippen MR) is 64.7 cm³/mol. The van der Waals surface area contributed by atoms with Gasteiger partial charge in [-0.3, -0.25) is 0 Å². The molecule has 1 heterocycles. The van der Waals surface area contributed by atoms with E-state index in [9.17, 15) is 0 Å². The lowest BCUT2D eigenvalue weighted by atomic mass is 9.96. The van der Waals surface area contributed by atoms with Gasteiger partial charge in [0.15, 0.2) is 0 Å². The lowest BCUT2D eigenvalue weighted by Crippen LogP contribution is -2.32. The molecule has 1 atom stereocenters. The summed E-state index contributed by atoms with van der Waals surface area (Å²) in [5, 5.41) is 3.46. The number of nitrogens with two attached hydrogens (primary N) is 1. The molecule has 0 saturated heterocycles. The van der Waals surface area contributed by atoms with E-state index in [2.05, 4.69) is 30.2 Å². The fourth-order valence-electron chi connectivity index (χ4n) is 1.63. The first-order valence-corrected chi connectivity index (χ1v) is 5.76. The maximum atomic E-state index is 5.71. The zero-order valence-corrected chi connectivity index (χ0v) is 9.79. The third-order valence-corrected chi connectivity index (χ3v) is 2.90. The molecule has 0 aromatic carbocycles. The van der Waals surface area contributed by atoms with Crippen LogP contribution in [0, 0.1) is 11.8 Å². The van der Waals surface area contributed by atoms with Gasteiger partial charge in [-0.25, -0.2) is 0 Å². The summed E-state index contributed by atoms with van der Waals surface area (Å²) in [6.45, 7) is 7.28. The second-order valence-corrected chi connectivity index (χ2v) is 4.41. The fourth-order valence-corrected chi connectivity index (χ4v) is 1.63. The Morgan fingerprint density at radius 3 is 2.80 bits per heavy atom. The highest BCUT2D eigenvalue weighted by atomic mass is 14.9. The van der Waals surface area contributed by atoms with Crippen molar-refractivity contribution in [2.75, 3.05) is 19.6 Å². The second-order valence-electron chi connectivity index (χ2n) is 4.41. The van der Waals surface area contributed by atoms with E-state index in [-0.39, 0.29) is 0 Å². The van der Waals surface area contributed by atoms with Crippen LogP contribution in [0.5, 0.6) is 0 Å². The molecule has 0 aliphatic heterocycles. The molecule has 1 unspecified atom stereocenters. The van der Waals surface area contributed by atoms with E-state index in [1.54, 1.807) is 0 Å². The van der Waals surface area contributed by atoms with Gasteiger partial charge in [0, 0.05) is 12.4 Å². The minimum atomic E-state index is 0.594. The molecule has 3 nitrogen and oxygen atoms in total. The Balaban J connectivity index is 2.10. The van der Waals surface area contributed by atoms with Gasteiger partial charge in [0.25, 0.3) is 0 Å². The predicted octanol–water partition coefficient (Wildman–Crippen LogP) is 1.38. The molecule has 0 amide bonds. The van der Waals surface area contributed by atoms with Gasteiger partial charge in [-0.15, -0.1) is 0 Å². The van der Waals surface area contributed by atoms with Crippen LogP contribution in [-0.4, -0.2) is 24.6 Å². The monoisotopic (exact) mass is 209 g/mol. The molecule has 0 saturated carbocycles. The number of hydrogen-bond donors (Lipinski definition) is 3. The summed E-state index contributed by atoms with van der Waals surface area (Å²) in [4.78, 5) is 3.06. The third kappa shape index (κ3) is 4.49. The van der Waals surface area contributed by atoms with E-state index in [4.69, 9.17) is 5.73 Å². The molecular formula is C12H23N3. The first-order chi connectivity index (χ1) is 7.24. The molecule has 15 heavy (non-hydrogen) atoms. The molecule has 4 N–H and O–H groups in total. The van der Waals surface area contributed by atoms with Crippen LogP contribution in [0.3, 0.4) is 0 Å². The molecule has 0 fully saturated rings. The van der Waals surface area contributed by atoms with Crippen LogP contribution < -0.4 is 11.1 Å². The molecule has 0 radical (unpaired) electrons. The van der Waals surface area contributed by atoms with E-state index in [1.807, 2.05) is 12.4 Å². The summed E-state index contributed by atoms with van der Waals surface area (Å²) in [6.07, 6.45) is 5.09. The maximum absolute atomic E-state index is 5.71. The number of H-pyrrole nitrogens is 1. The highest BCUT2D eigenvalue weighted by Gasteiger charge is 2.09. The molecule has 0 aliphatic rings. The molecule has 3 heteroatoms. The lowest BCUT2D eigenvalue weighted by molar-refractivity contribution is 0.372. The molecular weight excluding hydrogens is 186 g/mol. The SMILES string of the molecule is CC(C)C(CN)CNCCc1cc[nH]c1. The van der Waals surface area contributed by atoms with Crippen LogP contribution in [0.1, 0.15) is 19.4 Å². The Morgan fingerprint density at radius 1 is 1.47 bits per heavy atom. The quantitative estimate of drug-likeness (QED) is 0.594. The van der Waals surface area contributed by atoms with Gasteiger partial charge in [-0.1, -0.05) is 13.8 Å². The van der Waals surface area contributed by atoms with Crippen molar-refractivity contribution in [1.82, 2.24) is 10.3 Å². The minimum Gasteiger partial charge on any atom is -0.367 e. The van der Waals surface area contributed by atoms with E-state index >= 15 is 0 Å². The fraction of sp³-hybridized carbons (Fsp3) is 0.667. The molecule has 1 aromatic heterocycles. The average molecular weight is 209 g/mol. The van der Waals surface area contributed by atoms with Crippen molar-refractivity contribution in [2.45, 2.75) is 20.3 Å². The van der Waals surface area contributed by atoms with Gasteiger partial charge in [0.05, 0.1) is 0 Å². The molecule has 0 aliphatic carbocycles. The van der Waals surface area contributed by atoms with Crippen molar-refractivity contribution >= 4 is 0 Å². The van der Waals surface area contributed by atoms with Crippen molar-refractivity contribution in [3.8, 4) is 0 Å². The Labute approximate surface area is 92.4 Å². The van der Waals surface area contributed by atoms with Crippen molar-refractivity contribution in [2.24, 2.45) is 17.6 Å². The van der Waals surface area contributed by atoms with Crippen LogP contribution >= 0.6 is 0 Å². The van der Waals surface area contributed by atoms with Crippen LogP contribution in [0.2, 0.25) is 0 Å². The number of nitrogens with one attached hydrogen (secondary N) is 2. The third-order valence-electron chi connectivity index (χ3n) is 2.90. The van der Waals surface area contributed by atoms with Crippen molar-refractivity contribution in [3.63, 3.8) is 0 Å². The highest BCUT2D eigenvalue weighted by Crippen LogP contribution is 2.07. The Hall–Kier alpha value is -0.800. The van der Waals surface area contributed by atoms with Crippen LogP contribution in [-0.2, 0) is 6.42 Å². The van der Waals surface area contributed by atoms with Crippen LogP contribution in [0.4, 0.5) is 0 Å². The van der Waals surface area contributed by atoms with Gasteiger partial charge >= 0.3 is 0 Å². The summed E-state index contributed by atoms with van der Waals surface area (Å²) in [7, 11) is 0. The van der Waals surface area contributed by atoms with E-state index < -0.39 is 0 Å². The van der Waals surface area contributed by atoms with Gasteiger partial charge in [-0.2, -0.15) is 0 Å². The highest BCUT2D eigenvalue weighted by molar-refractivity contribution is 5.08. The summed E-state index contributed by atoms with van der Waals surface area (Å²) in [6, 6.07) is 2.12. The maximum Gasteiger partial charge on any atom is 0.00378 e. The topological polar surface area (TPSA) is 53.8 Å². The largest absolute Gasteiger partial charge is 0.367 e. The van der Waals surface area contributed by atoms with Gasteiger partial charge in [0.2, 0.25) is 0 Å². The molecule has 0 spiro atoms. The summed E-state index contributed by atoms with van der Waals surface area (Å²) in [5.41, 5.74) is 7.06. The first-order valence-electron chi connectivity index (χ1n) is 5.76. The molecule has 86 valence electrons. The Kier molecular flexibility index (Phi) is 5.43. The first kappa shape index (κ1) is 12.3. The second kappa shape index (κ2) is 6.64. The average Bonchev–Trinajstić information content (AvgIpc) is 2.70. The zero-order chi connectivity index (χ0) is 11.1. The van der Waals surface area contributed by atoms with E-state index in [0.717, 1.165) is 26.1 Å². The van der Waals surface area contributed by atoms with Gasteiger partial charge < -0.3 is 16.0 Å². The van der Waals surface area contributed by atoms with Crippen LogP contribution in [0.15, 0.2) is 18.5 Å². The number of hydrogen-bond acceptors (Lipinski definition) is 2. The lowest BCUT2D eigenvalue weighted by Gasteiger charge is -2.19. The Morgan fingerprint density at radius 2 is 2.27 bits per heavy atom. The normalized spacial score (nSPS) is 13.3. The van der Waals surface area contributed by atoms with E-state index in [0.29, 0.717) is 11.8 Å².